The van der Waals surface area contributed by atoms with Gasteiger partial charge in [-0.25, -0.2) is 0 Å². The molecule has 4 heteroatoms. The Morgan fingerprint density at radius 3 is 2.78 bits per heavy atom. The minimum atomic E-state index is -0.212. The van der Waals surface area contributed by atoms with Crippen LogP contribution in [0.25, 0.3) is 0 Å². The Morgan fingerprint density at radius 2 is 1.93 bits per heavy atom. The van der Waals surface area contributed by atoms with Gasteiger partial charge in [-0.15, -0.1) is 0 Å². The second kappa shape index (κ2) is 8.13. The summed E-state index contributed by atoms with van der Waals surface area (Å²) in [5.41, 5.74) is 3.51. The summed E-state index contributed by atoms with van der Waals surface area (Å²) < 4.78 is 5.65. The van der Waals surface area contributed by atoms with Crippen LogP contribution in [-0.2, 0) is 17.9 Å². The molecule has 2 aromatic rings. The van der Waals surface area contributed by atoms with E-state index in [1.165, 1.54) is 30.5 Å². The van der Waals surface area contributed by atoms with Crippen LogP contribution in [0.3, 0.4) is 0 Å². The van der Waals surface area contributed by atoms with Crippen molar-refractivity contribution in [1.29, 1.82) is 0 Å². The molecular formula is C23H28N2O2. The number of fused-ring (bicyclic) bond motifs is 1. The van der Waals surface area contributed by atoms with E-state index < -0.39 is 0 Å². The summed E-state index contributed by atoms with van der Waals surface area (Å²) in [4.78, 5) is 15.3. The van der Waals surface area contributed by atoms with E-state index >= 15 is 0 Å². The molecule has 0 bridgehead atoms. The highest BCUT2D eigenvalue weighted by Gasteiger charge is 2.29. The van der Waals surface area contributed by atoms with E-state index in [2.05, 4.69) is 41.4 Å². The van der Waals surface area contributed by atoms with Gasteiger partial charge < -0.3 is 10.1 Å². The molecule has 2 aromatic carbocycles. The third-order valence-electron chi connectivity index (χ3n) is 5.72. The van der Waals surface area contributed by atoms with Gasteiger partial charge in [0, 0.05) is 25.2 Å². The van der Waals surface area contributed by atoms with Gasteiger partial charge in [-0.1, -0.05) is 49.4 Å². The van der Waals surface area contributed by atoms with Crippen LogP contribution in [0, 0.1) is 5.92 Å². The molecule has 4 nitrogen and oxygen atoms in total. The van der Waals surface area contributed by atoms with Gasteiger partial charge in [0.25, 0.3) is 0 Å². The summed E-state index contributed by atoms with van der Waals surface area (Å²) >= 11 is 0. The van der Waals surface area contributed by atoms with E-state index in [0.717, 1.165) is 30.3 Å². The molecule has 4 rings (SSSR count). The van der Waals surface area contributed by atoms with Crippen LogP contribution in [0.2, 0.25) is 0 Å². The molecule has 0 aliphatic carbocycles. The molecule has 2 aliphatic rings. The van der Waals surface area contributed by atoms with Crippen LogP contribution in [0.15, 0.2) is 48.5 Å². The highest BCUT2D eigenvalue weighted by molar-refractivity contribution is 5.85. The zero-order valence-corrected chi connectivity index (χ0v) is 16.0. The van der Waals surface area contributed by atoms with Gasteiger partial charge in [0.2, 0.25) is 5.91 Å². The molecule has 1 N–H and O–H groups in total. The molecule has 1 amide bonds. The Labute approximate surface area is 161 Å². The number of hydrogen-bond donors (Lipinski definition) is 1. The van der Waals surface area contributed by atoms with Gasteiger partial charge in [0.05, 0.1) is 0 Å². The molecule has 1 fully saturated rings. The summed E-state index contributed by atoms with van der Waals surface area (Å²) in [6.07, 6.45) is 2.61. The van der Waals surface area contributed by atoms with Crippen LogP contribution >= 0.6 is 0 Å². The number of ether oxygens (including phenoxy) is 1. The number of piperidine rings is 1. The summed E-state index contributed by atoms with van der Waals surface area (Å²) in [5, 5.41) is 3.13. The highest BCUT2D eigenvalue weighted by atomic mass is 16.5. The molecule has 1 saturated heterocycles. The Kier molecular flexibility index (Phi) is 5.44. The minimum absolute atomic E-state index is 0.0429. The molecule has 2 unspecified atom stereocenters. The third kappa shape index (κ3) is 4.16. The first kappa shape index (κ1) is 18.1. The van der Waals surface area contributed by atoms with E-state index in [9.17, 15) is 4.79 Å². The van der Waals surface area contributed by atoms with Crippen molar-refractivity contribution in [2.45, 2.75) is 38.8 Å². The maximum atomic E-state index is 12.7. The van der Waals surface area contributed by atoms with Crippen molar-refractivity contribution in [3.05, 3.63) is 65.2 Å². The van der Waals surface area contributed by atoms with E-state index in [-0.39, 0.29) is 11.8 Å². The summed E-state index contributed by atoms with van der Waals surface area (Å²) in [7, 11) is 0. The number of carbonyl (C=O) groups excluding carboxylic acids is 1. The van der Waals surface area contributed by atoms with Gasteiger partial charge in [-0.05, 0) is 42.5 Å². The maximum Gasteiger partial charge on any atom is 0.231 e. The molecule has 142 valence electrons. The molecule has 2 atom stereocenters. The number of carbonyl (C=O) groups is 1. The monoisotopic (exact) mass is 364 g/mol. The summed E-state index contributed by atoms with van der Waals surface area (Å²) in [5.74, 6) is 1.43. The number of likely N-dealkylation sites (tertiary alicyclic amines) is 1. The van der Waals surface area contributed by atoms with Gasteiger partial charge in [0.1, 0.15) is 18.3 Å². The average molecular weight is 364 g/mol. The van der Waals surface area contributed by atoms with Crippen LogP contribution in [-0.4, -0.2) is 30.5 Å². The lowest BCUT2D eigenvalue weighted by molar-refractivity contribution is -0.122. The lowest BCUT2D eigenvalue weighted by Gasteiger charge is -2.31. The standard InChI is InChI=1S/C23H28N2O2/c1-17-7-6-12-25(14-17)15-19-9-3-2-8-18(19)13-24-23(26)21-16-27-22-11-5-4-10-20(21)22/h2-5,8-11,17,21H,6-7,12-16H2,1H3,(H,24,26). The fraction of sp³-hybridized carbons (Fsp3) is 0.435. The van der Waals surface area contributed by atoms with Gasteiger partial charge >= 0.3 is 0 Å². The second-order valence-electron chi connectivity index (χ2n) is 7.87. The fourth-order valence-electron chi connectivity index (χ4n) is 4.24. The number of nitrogens with zero attached hydrogens (tertiary/aromatic N) is 1. The minimum Gasteiger partial charge on any atom is -0.492 e. The van der Waals surface area contributed by atoms with E-state index in [4.69, 9.17) is 4.74 Å². The predicted molar refractivity (Wildman–Crippen MR) is 107 cm³/mol. The average Bonchev–Trinajstić information content (AvgIpc) is 3.11. The summed E-state index contributed by atoms with van der Waals surface area (Å²) in [6, 6.07) is 16.3. The molecular weight excluding hydrogens is 336 g/mol. The summed E-state index contributed by atoms with van der Waals surface area (Å²) in [6.45, 7) is 6.62. The fourth-order valence-corrected chi connectivity index (χ4v) is 4.24. The van der Waals surface area contributed by atoms with Gasteiger partial charge in [-0.3, -0.25) is 9.69 Å². The van der Waals surface area contributed by atoms with Crippen molar-refractivity contribution in [3.8, 4) is 5.75 Å². The molecule has 2 heterocycles. The molecule has 0 radical (unpaired) electrons. The number of hydrogen-bond acceptors (Lipinski definition) is 3. The topological polar surface area (TPSA) is 41.6 Å². The largest absolute Gasteiger partial charge is 0.492 e. The molecule has 2 aliphatic heterocycles. The van der Waals surface area contributed by atoms with Crippen LogP contribution in [0.4, 0.5) is 0 Å². The molecule has 27 heavy (non-hydrogen) atoms. The first-order chi connectivity index (χ1) is 13.2. The lowest BCUT2D eigenvalue weighted by atomic mass is 9.98. The van der Waals surface area contributed by atoms with E-state index in [1.807, 2.05) is 24.3 Å². The van der Waals surface area contributed by atoms with Crippen LogP contribution in [0.5, 0.6) is 5.75 Å². The Morgan fingerprint density at radius 1 is 1.15 bits per heavy atom. The predicted octanol–water partition coefficient (Wildman–Crippen LogP) is 3.71. The lowest BCUT2D eigenvalue weighted by Crippen LogP contribution is -2.34. The number of rotatable bonds is 5. The first-order valence-electron chi connectivity index (χ1n) is 9.99. The second-order valence-corrected chi connectivity index (χ2v) is 7.87. The van der Waals surface area contributed by atoms with Gasteiger partial charge in [-0.2, -0.15) is 0 Å². The molecule has 0 spiro atoms. The first-order valence-corrected chi connectivity index (χ1v) is 9.99. The Hall–Kier alpha value is -2.33. The number of amides is 1. The normalized spacial score (nSPS) is 22.1. The van der Waals surface area contributed by atoms with Crippen LogP contribution < -0.4 is 10.1 Å². The third-order valence-corrected chi connectivity index (χ3v) is 5.72. The smallest absolute Gasteiger partial charge is 0.231 e. The highest BCUT2D eigenvalue weighted by Crippen LogP contribution is 2.33. The SMILES string of the molecule is CC1CCCN(Cc2ccccc2CNC(=O)C2COc3ccccc32)C1. The van der Waals surface area contributed by atoms with E-state index in [1.54, 1.807) is 0 Å². The van der Waals surface area contributed by atoms with Crippen molar-refractivity contribution >= 4 is 5.91 Å². The van der Waals surface area contributed by atoms with Crippen molar-refractivity contribution < 1.29 is 9.53 Å². The number of para-hydroxylation sites is 1. The Balaban J connectivity index is 1.39. The van der Waals surface area contributed by atoms with Crippen LogP contribution in [0.1, 0.15) is 42.4 Å². The van der Waals surface area contributed by atoms with Crippen molar-refractivity contribution in [3.63, 3.8) is 0 Å². The van der Waals surface area contributed by atoms with E-state index in [0.29, 0.717) is 13.2 Å². The zero-order chi connectivity index (χ0) is 18.6. The van der Waals surface area contributed by atoms with Crippen molar-refractivity contribution in [1.82, 2.24) is 10.2 Å². The maximum absolute atomic E-state index is 12.7. The molecule has 0 saturated carbocycles. The van der Waals surface area contributed by atoms with Crippen molar-refractivity contribution in [2.75, 3.05) is 19.7 Å². The quantitative estimate of drug-likeness (QED) is 0.879. The number of benzene rings is 2. The Bertz CT molecular complexity index is 804. The van der Waals surface area contributed by atoms with Crippen molar-refractivity contribution in [2.24, 2.45) is 5.92 Å². The molecule has 0 aromatic heterocycles. The number of nitrogens with one attached hydrogen (secondary N) is 1. The van der Waals surface area contributed by atoms with Gasteiger partial charge in [0.15, 0.2) is 0 Å². The zero-order valence-electron chi connectivity index (χ0n) is 16.0.